The van der Waals surface area contributed by atoms with Crippen molar-refractivity contribution >= 4 is 11.7 Å². The van der Waals surface area contributed by atoms with Crippen molar-refractivity contribution in [3.63, 3.8) is 0 Å². The molecule has 0 unspecified atom stereocenters. The zero-order chi connectivity index (χ0) is 7.82. The molecule has 0 aromatic carbocycles. The van der Waals surface area contributed by atoms with Crippen molar-refractivity contribution in [2.45, 2.75) is 0 Å². The van der Waals surface area contributed by atoms with Gasteiger partial charge in [0, 0.05) is 17.3 Å². The Morgan fingerprint density at radius 3 is 2.10 bits per heavy atom. The van der Waals surface area contributed by atoms with Crippen molar-refractivity contribution < 1.29 is 4.21 Å². The molecule has 0 saturated carbocycles. The summed E-state index contributed by atoms with van der Waals surface area (Å²) in [7, 11) is 0. The second kappa shape index (κ2) is 6.58. The van der Waals surface area contributed by atoms with Crippen molar-refractivity contribution in [1.82, 2.24) is 4.90 Å². The Kier molecular flexibility index (Phi) is 6.22. The van der Waals surface area contributed by atoms with Crippen molar-refractivity contribution in [2.75, 3.05) is 19.0 Å². The maximum atomic E-state index is 10.1. The van der Waals surface area contributed by atoms with E-state index in [1.165, 1.54) is 0 Å². The van der Waals surface area contributed by atoms with E-state index in [4.69, 9.17) is 0 Å². The van der Waals surface area contributed by atoms with E-state index < -0.39 is 0 Å². The van der Waals surface area contributed by atoms with Gasteiger partial charge in [-0.05, 0) is 0 Å². The fourth-order valence-electron chi connectivity index (χ4n) is 0.620. The van der Waals surface area contributed by atoms with Gasteiger partial charge in [-0.25, -0.2) is 4.90 Å². The lowest BCUT2D eigenvalue weighted by Crippen LogP contribution is -2.24. The van der Waals surface area contributed by atoms with Crippen molar-refractivity contribution in [2.24, 2.45) is 0 Å². The summed E-state index contributed by atoms with van der Waals surface area (Å²) in [6.07, 6.45) is 3.56. The Hall–Kier alpha value is -0.540. The van der Waals surface area contributed by atoms with Crippen LogP contribution in [0.1, 0.15) is 0 Å². The van der Waals surface area contributed by atoms with Gasteiger partial charge in [-0.3, -0.25) is 0 Å². The normalized spacial score (nSPS) is 9.30. The zero-order valence-electron chi connectivity index (χ0n) is 5.95. The average molecular weight is 158 g/mol. The van der Waals surface area contributed by atoms with Crippen LogP contribution in [-0.4, -0.2) is 23.9 Å². The fourth-order valence-corrected chi connectivity index (χ4v) is 0.980. The molecule has 10 heavy (non-hydrogen) atoms. The number of hydrogen-bond donors (Lipinski definition) is 0. The second-order valence-electron chi connectivity index (χ2n) is 1.86. The Labute approximate surface area is 65.7 Å². The molecule has 0 radical (unpaired) electrons. The highest BCUT2D eigenvalue weighted by Crippen LogP contribution is 1.86. The summed E-state index contributed by atoms with van der Waals surface area (Å²) < 4.78 is 10.1. The van der Waals surface area contributed by atoms with Gasteiger partial charge in [0.25, 0.3) is 5.88 Å². The molecule has 0 aromatic rings. The van der Waals surface area contributed by atoms with E-state index >= 15 is 0 Å². The molecular weight excluding hydrogens is 146 g/mol. The van der Waals surface area contributed by atoms with Crippen LogP contribution in [0.15, 0.2) is 25.3 Å². The minimum absolute atomic E-state index is 0.498. The van der Waals surface area contributed by atoms with E-state index in [9.17, 15) is 4.21 Å². The summed E-state index contributed by atoms with van der Waals surface area (Å²) in [5.74, 6) is 0.498. The van der Waals surface area contributed by atoms with Gasteiger partial charge in [0.1, 0.15) is 0 Å². The van der Waals surface area contributed by atoms with Crippen LogP contribution in [-0.2, 0) is 15.9 Å². The molecular formula is C7H12NOS+. The van der Waals surface area contributed by atoms with Gasteiger partial charge >= 0.3 is 11.7 Å². The van der Waals surface area contributed by atoms with E-state index in [-0.39, 0.29) is 0 Å². The summed E-state index contributed by atoms with van der Waals surface area (Å²) in [5.41, 5.74) is 0. The lowest BCUT2D eigenvalue weighted by Gasteiger charge is -2.07. The molecule has 0 aliphatic carbocycles. The lowest BCUT2D eigenvalue weighted by atomic mass is 10.5. The van der Waals surface area contributed by atoms with Crippen LogP contribution in [0.3, 0.4) is 0 Å². The lowest BCUT2D eigenvalue weighted by molar-refractivity contribution is 0.392. The minimum Gasteiger partial charge on any atom is -0.242 e. The van der Waals surface area contributed by atoms with Gasteiger partial charge in [-0.1, -0.05) is 12.2 Å². The van der Waals surface area contributed by atoms with Crippen LogP contribution in [0.25, 0.3) is 0 Å². The van der Waals surface area contributed by atoms with Gasteiger partial charge < -0.3 is 0 Å². The molecule has 0 bridgehead atoms. The molecule has 2 nitrogen and oxygen atoms in total. The maximum Gasteiger partial charge on any atom is 0.476 e. The predicted octanol–water partition coefficient (Wildman–Crippen LogP) is 1.05. The first-order valence-electron chi connectivity index (χ1n) is 3.04. The highest BCUT2D eigenvalue weighted by Gasteiger charge is 2.06. The first kappa shape index (κ1) is 9.46. The summed E-state index contributed by atoms with van der Waals surface area (Å²) in [5, 5.41) is 0. The van der Waals surface area contributed by atoms with Crippen molar-refractivity contribution in [3.8, 4) is 0 Å². The predicted molar refractivity (Wildman–Crippen MR) is 44.9 cm³/mol. The van der Waals surface area contributed by atoms with Crippen LogP contribution in [0.5, 0.6) is 0 Å². The van der Waals surface area contributed by atoms with E-state index in [2.05, 4.69) is 13.2 Å². The minimum atomic E-state index is 0.498. The molecule has 0 aromatic heterocycles. The Morgan fingerprint density at radius 1 is 1.30 bits per heavy atom. The highest BCUT2D eigenvalue weighted by atomic mass is 32.1. The highest BCUT2D eigenvalue weighted by molar-refractivity contribution is 7.65. The van der Waals surface area contributed by atoms with Crippen LogP contribution in [0, 0.1) is 0 Å². The Balaban J connectivity index is 3.58. The molecule has 0 saturated heterocycles. The summed E-state index contributed by atoms with van der Waals surface area (Å²) in [6.45, 7) is 8.66. The summed E-state index contributed by atoms with van der Waals surface area (Å²) in [6, 6.07) is 0. The molecule has 0 heterocycles. The molecule has 56 valence electrons. The van der Waals surface area contributed by atoms with Gasteiger partial charge in [-0.2, -0.15) is 0 Å². The standard InChI is InChI=1S/C7H12NOS/c1-3-5-8(6-4-2)7-10-9/h3-4H,1-2,5-7H2/q+1. The topological polar surface area (TPSA) is 20.3 Å². The first-order chi connectivity index (χ1) is 4.85. The summed E-state index contributed by atoms with van der Waals surface area (Å²) >= 11 is 0.570. The number of nitrogens with zero attached hydrogens (tertiary/aromatic N) is 1. The zero-order valence-corrected chi connectivity index (χ0v) is 6.77. The third-order valence-electron chi connectivity index (χ3n) is 1.01. The van der Waals surface area contributed by atoms with Gasteiger partial charge in [0.2, 0.25) is 0 Å². The molecule has 3 heteroatoms. The van der Waals surface area contributed by atoms with E-state index in [0.717, 1.165) is 13.1 Å². The van der Waals surface area contributed by atoms with Crippen LogP contribution >= 0.6 is 0 Å². The third-order valence-corrected chi connectivity index (χ3v) is 1.48. The van der Waals surface area contributed by atoms with Crippen molar-refractivity contribution in [3.05, 3.63) is 25.3 Å². The second-order valence-corrected chi connectivity index (χ2v) is 2.35. The average Bonchev–Trinajstić information content (AvgIpc) is 1.90. The largest absolute Gasteiger partial charge is 0.476 e. The molecule has 0 atom stereocenters. The van der Waals surface area contributed by atoms with Crippen LogP contribution in [0.2, 0.25) is 0 Å². The smallest absolute Gasteiger partial charge is 0.242 e. The van der Waals surface area contributed by atoms with E-state index in [0.29, 0.717) is 17.5 Å². The SMILES string of the molecule is C=CCN(CC=C)C[S+]=O. The number of rotatable bonds is 6. The third kappa shape index (κ3) is 4.35. The fraction of sp³-hybridized carbons (Fsp3) is 0.429. The molecule has 0 rings (SSSR count). The van der Waals surface area contributed by atoms with E-state index in [1.807, 2.05) is 4.90 Å². The van der Waals surface area contributed by atoms with Crippen molar-refractivity contribution in [1.29, 1.82) is 0 Å². The first-order valence-corrected chi connectivity index (χ1v) is 3.95. The van der Waals surface area contributed by atoms with Crippen LogP contribution < -0.4 is 0 Å². The number of hydrogen-bond acceptors (Lipinski definition) is 2. The van der Waals surface area contributed by atoms with Gasteiger partial charge in [-0.15, -0.1) is 13.2 Å². The van der Waals surface area contributed by atoms with Gasteiger partial charge in [0.05, 0.1) is 0 Å². The molecule has 0 N–H and O–H groups in total. The molecule has 0 fully saturated rings. The van der Waals surface area contributed by atoms with E-state index in [1.54, 1.807) is 12.2 Å². The van der Waals surface area contributed by atoms with Crippen LogP contribution in [0.4, 0.5) is 0 Å². The van der Waals surface area contributed by atoms with Gasteiger partial charge in [0.15, 0.2) is 0 Å². The monoisotopic (exact) mass is 158 g/mol. The Bertz CT molecular complexity index is 101. The molecule has 0 amide bonds. The molecule has 0 aliphatic rings. The Morgan fingerprint density at radius 2 is 1.80 bits per heavy atom. The maximum absolute atomic E-state index is 10.1. The molecule has 0 spiro atoms. The molecule has 0 aliphatic heterocycles. The quantitative estimate of drug-likeness (QED) is 0.327. The summed E-state index contributed by atoms with van der Waals surface area (Å²) in [4.78, 5) is 1.96.